The van der Waals surface area contributed by atoms with E-state index in [9.17, 15) is 9.90 Å². The zero-order valence-electron chi connectivity index (χ0n) is 11.5. The summed E-state index contributed by atoms with van der Waals surface area (Å²) in [5.41, 5.74) is 0.281. The second-order valence-electron chi connectivity index (χ2n) is 5.36. The Balaban J connectivity index is 2.22. The molecule has 0 amide bonds. The molecule has 2 rings (SSSR count). The predicted molar refractivity (Wildman–Crippen MR) is 81.4 cm³/mol. The van der Waals surface area contributed by atoms with Crippen LogP contribution in [0.15, 0.2) is 18.2 Å². The minimum atomic E-state index is -0.721. The number of benzene rings is 1. The second kappa shape index (κ2) is 6.33. The molecule has 110 valence electrons. The minimum absolute atomic E-state index is 0.514. The van der Waals surface area contributed by atoms with E-state index in [4.69, 9.17) is 23.2 Å². The molecule has 3 nitrogen and oxygen atoms in total. The third-order valence-corrected chi connectivity index (χ3v) is 4.78. The normalized spacial score (nSPS) is 23.1. The van der Waals surface area contributed by atoms with Gasteiger partial charge < -0.3 is 5.11 Å². The molecule has 5 heteroatoms. The first kappa shape index (κ1) is 15.6. The van der Waals surface area contributed by atoms with Crippen LogP contribution in [0.1, 0.15) is 38.2 Å². The minimum Gasteiger partial charge on any atom is -0.480 e. The Labute approximate surface area is 129 Å². The Morgan fingerprint density at radius 1 is 1.40 bits per heavy atom. The van der Waals surface area contributed by atoms with Crippen LogP contribution in [0, 0.1) is 0 Å². The molecule has 1 fully saturated rings. The smallest absolute Gasteiger partial charge is 0.324 e. The Kier molecular flexibility index (Phi) is 4.95. The number of carboxylic acids is 1. The van der Waals surface area contributed by atoms with Gasteiger partial charge in [-0.05, 0) is 43.5 Å². The highest BCUT2D eigenvalue weighted by molar-refractivity contribution is 6.42. The quantitative estimate of drug-likeness (QED) is 0.884. The molecule has 1 aromatic rings. The number of carbonyl (C=O) groups is 1. The maximum absolute atomic E-state index is 11.7. The van der Waals surface area contributed by atoms with E-state index in [-0.39, 0.29) is 0 Å². The van der Waals surface area contributed by atoms with Crippen LogP contribution in [0.2, 0.25) is 10.0 Å². The maximum Gasteiger partial charge on any atom is 0.324 e. The van der Waals surface area contributed by atoms with Crippen LogP contribution < -0.4 is 0 Å². The average Bonchev–Trinajstić information content (AvgIpc) is 2.79. The van der Waals surface area contributed by atoms with E-state index in [1.807, 2.05) is 19.1 Å². The predicted octanol–water partition coefficient (Wildman–Crippen LogP) is 4.21. The van der Waals surface area contributed by atoms with Crippen molar-refractivity contribution >= 4 is 29.2 Å². The van der Waals surface area contributed by atoms with Crippen LogP contribution in [0.25, 0.3) is 0 Å². The number of hydrogen-bond acceptors (Lipinski definition) is 2. The van der Waals surface area contributed by atoms with Gasteiger partial charge in [-0.15, -0.1) is 0 Å². The molecule has 1 aromatic carbocycles. The number of rotatable bonds is 5. The highest BCUT2D eigenvalue weighted by atomic mass is 35.5. The first-order valence-electron chi connectivity index (χ1n) is 6.92. The lowest BCUT2D eigenvalue weighted by Crippen LogP contribution is -2.49. The standard InChI is InChI=1S/C15H19Cl2NO2/c1-2-6-15(14(19)20)7-3-8-18(15)10-11-4-5-12(16)13(17)9-11/h4-5,9H,2-3,6-8,10H2,1H3,(H,19,20). The number of likely N-dealkylation sites (tertiary alicyclic amines) is 1. The van der Waals surface area contributed by atoms with E-state index < -0.39 is 11.5 Å². The molecule has 1 aliphatic heterocycles. The van der Waals surface area contributed by atoms with Crippen molar-refractivity contribution in [1.82, 2.24) is 4.90 Å². The first-order valence-corrected chi connectivity index (χ1v) is 7.67. The summed E-state index contributed by atoms with van der Waals surface area (Å²) >= 11 is 11.9. The lowest BCUT2D eigenvalue weighted by atomic mass is 9.90. The van der Waals surface area contributed by atoms with Gasteiger partial charge in [-0.25, -0.2) is 0 Å². The number of aliphatic carboxylic acids is 1. The fraction of sp³-hybridized carbons (Fsp3) is 0.533. The molecular weight excluding hydrogens is 297 g/mol. The highest BCUT2D eigenvalue weighted by Crippen LogP contribution is 2.35. The van der Waals surface area contributed by atoms with Gasteiger partial charge in [-0.2, -0.15) is 0 Å². The summed E-state index contributed by atoms with van der Waals surface area (Å²) in [5.74, 6) is -0.711. The Morgan fingerprint density at radius 3 is 2.75 bits per heavy atom. The number of halogens is 2. The Morgan fingerprint density at radius 2 is 2.15 bits per heavy atom. The second-order valence-corrected chi connectivity index (χ2v) is 6.17. The van der Waals surface area contributed by atoms with E-state index in [1.54, 1.807) is 6.07 Å². The molecule has 0 aliphatic carbocycles. The molecule has 1 unspecified atom stereocenters. The number of hydrogen-bond donors (Lipinski definition) is 1. The van der Waals surface area contributed by atoms with Crippen LogP contribution in [0.4, 0.5) is 0 Å². The Bertz CT molecular complexity index is 507. The van der Waals surface area contributed by atoms with Gasteiger partial charge in [0.05, 0.1) is 10.0 Å². The van der Waals surface area contributed by atoms with E-state index in [0.717, 1.165) is 31.4 Å². The maximum atomic E-state index is 11.7. The molecule has 1 aliphatic rings. The van der Waals surface area contributed by atoms with Gasteiger partial charge >= 0.3 is 5.97 Å². The average molecular weight is 316 g/mol. The molecule has 0 saturated carbocycles. The van der Waals surface area contributed by atoms with Crippen molar-refractivity contribution in [2.45, 2.75) is 44.7 Å². The van der Waals surface area contributed by atoms with E-state index in [2.05, 4.69) is 4.90 Å². The third kappa shape index (κ3) is 2.95. The molecule has 0 radical (unpaired) electrons. The zero-order chi connectivity index (χ0) is 14.8. The molecule has 1 heterocycles. The molecular formula is C15H19Cl2NO2. The van der Waals surface area contributed by atoms with Crippen molar-refractivity contribution in [1.29, 1.82) is 0 Å². The van der Waals surface area contributed by atoms with Crippen molar-refractivity contribution in [2.24, 2.45) is 0 Å². The van der Waals surface area contributed by atoms with Gasteiger partial charge in [-0.3, -0.25) is 9.69 Å². The molecule has 20 heavy (non-hydrogen) atoms. The van der Waals surface area contributed by atoms with E-state index in [1.165, 1.54) is 0 Å². The molecule has 0 aromatic heterocycles. The lowest BCUT2D eigenvalue weighted by Gasteiger charge is -2.34. The first-order chi connectivity index (χ1) is 9.49. The van der Waals surface area contributed by atoms with Crippen LogP contribution in [0.3, 0.4) is 0 Å². The molecule has 0 spiro atoms. The summed E-state index contributed by atoms with van der Waals surface area (Å²) in [5, 5.41) is 10.7. The number of carboxylic acid groups (broad SMARTS) is 1. The third-order valence-electron chi connectivity index (χ3n) is 4.04. The summed E-state index contributed by atoms with van der Waals surface area (Å²) in [4.78, 5) is 13.8. The van der Waals surface area contributed by atoms with Gasteiger partial charge in [0, 0.05) is 6.54 Å². The highest BCUT2D eigenvalue weighted by Gasteiger charge is 2.46. The van der Waals surface area contributed by atoms with Crippen molar-refractivity contribution in [3.8, 4) is 0 Å². The monoisotopic (exact) mass is 315 g/mol. The Hall–Kier alpha value is -0.770. The largest absolute Gasteiger partial charge is 0.480 e. The fourth-order valence-corrected chi connectivity index (χ4v) is 3.39. The van der Waals surface area contributed by atoms with Gasteiger partial charge in [0.2, 0.25) is 0 Å². The molecule has 1 atom stereocenters. The zero-order valence-corrected chi connectivity index (χ0v) is 13.0. The van der Waals surface area contributed by atoms with Gasteiger partial charge in [0.25, 0.3) is 0 Å². The van der Waals surface area contributed by atoms with Crippen molar-refractivity contribution in [2.75, 3.05) is 6.54 Å². The van der Waals surface area contributed by atoms with Gasteiger partial charge in [0.1, 0.15) is 5.54 Å². The SMILES string of the molecule is CCCC1(C(=O)O)CCCN1Cc1ccc(Cl)c(Cl)c1. The summed E-state index contributed by atoms with van der Waals surface area (Å²) in [7, 11) is 0. The van der Waals surface area contributed by atoms with Crippen molar-refractivity contribution in [3.63, 3.8) is 0 Å². The lowest BCUT2D eigenvalue weighted by molar-refractivity contribution is -0.150. The van der Waals surface area contributed by atoms with Crippen molar-refractivity contribution in [3.05, 3.63) is 33.8 Å². The summed E-state index contributed by atoms with van der Waals surface area (Å²) < 4.78 is 0. The number of nitrogens with zero attached hydrogens (tertiary/aromatic N) is 1. The van der Waals surface area contributed by atoms with Gasteiger partial charge in [0.15, 0.2) is 0 Å². The van der Waals surface area contributed by atoms with Crippen LogP contribution >= 0.6 is 23.2 Å². The van der Waals surface area contributed by atoms with Crippen molar-refractivity contribution < 1.29 is 9.90 Å². The van der Waals surface area contributed by atoms with E-state index in [0.29, 0.717) is 23.0 Å². The fourth-order valence-electron chi connectivity index (χ4n) is 3.07. The van der Waals surface area contributed by atoms with Crippen LogP contribution in [0.5, 0.6) is 0 Å². The summed E-state index contributed by atoms with van der Waals surface area (Å²) in [6.45, 7) is 3.44. The molecule has 1 saturated heterocycles. The van der Waals surface area contributed by atoms with Crippen LogP contribution in [-0.2, 0) is 11.3 Å². The van der Waals surface area contributed by atoms with E-state index >= 15 is 0 Å². The topological polar surface area (TPSA) is 40.5 Å². The van der Waals surface area contributed by atoms with Gasteiger partial charge in [-0.1, -0.05) is 42.6 Å². The summed E-state index contributed by atoms with van der Waals surface area (Å²) in [6.07, 6.45) is 3.19. The summed E-state index contributed by atoms with van der Waals surface area (Å²) in [6, 6.07) is 5.49. The van der Waals surface area contributed by atoms with Crippen LogP contribution in [-0.4, -0.2) is 28.1 Å². The molecule has 1 N–H and O–H groups in total. The molecule has 0 bridgehead atoms.